The van der Waals surface area contributed by atoms with Crippen molar-refractivity contribution in [2.24, 2.45) is 0 Å². The Morgan fingerprint density at radius 2 is 1.73 bits per heavy atom. The van der Waals surface area contributed by atoms with Crippen LogP contribution >= 0.6 is 0 Å². The highest BCUT2D eigenvalue weighted by Gasteiger charge is 2.67. The molecule has 1 saturated heterocycles. The number of fused-ring (bicyclic) bond motifs is 2. The van der Waals surface area contributed by atoms with E-state index in [0.29, 0.717) is 23.6 Å². The number of anilines is 1. The number of nitrogens with one attached hydrogen (secondary N) is 2. The number of carbonyl (C=O) groups is 1. The molecule has 7 nitrogen and oxygen atoms in total. The molecule has 2 aliphatic rings. The lowest BCUT2D eigenvalue weighted by molar-refractivity contribution is -0.532. The van der Waals surface area contributed by atoms with Gasteiger partial charge < -0.3 is 10.1 Å². The van der Waals surface area contributed by atoms with Gasteiger partial charge in [-0.15, -0.1) is 0 Å². The fourth-order valence-electron chi connectivity index (χ4n) is 5.19. The summed E-state index contributed by atoms with van der Waals surface area (Å²) in [7, 11) is 0. The van der Waals surface area contributed by atoms with Gasteiger partial charge in [-0.3, -0.25) is 20.2 Å². The van der Waals surface area contributed by atoms with Gasteiger partial charge >= 0.3 is 0 Å². The summed E-state index contributed by atoms with van der Waals surface area (Å²) in [4.78, 5) is 25.1. The van der Waals surface area contributed by atoms with Crippen molar-refractivity contribution in [1.29, 1.82) is 0 Å². The van der Waals surface area contributed by atoms with Crippen LogP contribution in [0.15, 0.2) is 72.8 Å². The number of nitrogens with zero attached hydrogens (tertiary/aromatic N) is 1. The Morgan fingerprint density at radius 1 is 1.03 bits per heavy atom. The highest BCUT2D eigenvalue weighted by molar-refractivity contribution is 6.07. The van der Waals surface area contributed by atoms with Crippen molar-refractivity contribution in [3.8, 4) is 5.75 Å². The molecule has 0 unspecified atom stereocenters. The Balaban J connectivity index is 1.42. The zero-order valence-electron chi connectivity index (χ0n) is 18.4. The molecule has 0 radical (unpaired) electrons. The van der Waals surface area contributed by atoms with E-state index >= 15 is 0 Å². The van der Waals surface area contributed by atoms with Crippen LogP contribution in [-0.2, 0) is 16.9 Å². The summed E-state index contributed by atoms with van der Waals surface area (Å²) in [6.45, 7) is 4.38. The summed E-state index contributed by atoms with van der Waals surface area (Å²) in [6.07, 6.45) is 0. The number of rotatable bonds is 5. The minimum atomic E-state index is -1.40. The normalized spacial score (nSPS) is 25.6. The van der Waals surface area contributed by atoms with Crippen LogP contribution in [0.5, 0.6) is 5.75 Å². The maximum atomic E-state index is 13.1. The molecule has 0 aliphatic carbocycles. The van der Waals surface area contributed by atoms with Crippen LogP contribution in [0.1, 0.15) is 35.1 Å². The number of para-hydroxylation sites is 1. The summed E-state index contributed by atoms with van der Waals surface area (Å²) >= 11 is 0. The Morgan fingerprint density at radius 3 is 2.42 bits per heavy atom. The van der Waals surface area contributed by atoms with Gasteiger partial charge in [0, 0.05) is 22.2 Å². The summed E-state index contributed by atoms with van der Waals surface area (Å²) in [5.74, 6) is -0.171. The third-order valence-electron chi connectivity index (χ3n) is 6.75. The van der Waals surface area contributed by atoms with E-state index in [0.717, 1.165) is 11.1 Å². The summed E-state index contributed by atoms with van der Waals surface area (Å²) < 4.78 is 5.89. The van der Waals surface area contributed by atoms with Crippen molar-refractivity contribution >= 4 is 11.6 Å². The molecule has 5 rings (SSSR count). The summed E-state index contributed by atoms with van der Waals surface area (Å²) in [5.41, 5.74) is 2.91. The third-order valence-corrected chi connectivity index (χ3v) is 6.75. The van der Waals surface area contributed by atoms with Crippen LogP contribution in [0, 0.1) is 17.0 Å². The second-order valence-electron chi connectivity index (χ2n) is 8.84. The second kappa shape index (κ2) is 8.01. The number of amides is 1. The van der Waals surface area contributed by atoms with Gasteiger partial charge in [-0.25, -0.2) is 0 Å². The quantitative estimate of drug-likeness (QED) is 0.457. The molecule has 168 valence electrons. The van der Waals surface area contributed by atoms with E-state index in [1.54, 1.807) is 18.2 Å². The van der Waals surface area contributed by atoms with Gasteiger partial charge in [0.25, 0.3) is 11.9 Å². The van der Waals surface area contributed by atoms with E-state index in [1.807, 2.05) is 68.4 Å². The van der Waals surface area contributed by atoms with Crippen LogP contribution in [0.25, 0.3) is 0 Å². The van der Waals surface area contributed by atoms with Crippen LogP contribution in [0.2, 0.25) is 0 Å². The monoisotopic (exact) mass is 443 g/mol. The van der Waals surface area contributed by atoms with Crippen molar-refractivity contribution in [2.45, 2.75) is 44.0 Å². The summed E-state index contributed by atoms with van der Waals surface area (Å²) in [6, 6.07) is 21.3. The van der Waals surface area contributed by atoms with Crippen LogP contribution < -0.4 is 15.4 Å². The van der Waals surface area contributed by atoms with Crippen LogP contribution in [-0.4, -0.2) is 22.9 Å². The highest BCUT2D eigenvalue weighted by Crippen LogP contribution is 2.49. The lowest BCUT2D eigenvalue weighted by Gasteiger charge is -2.25. The van der Waals surface area contributed by atoms with E-state index in [-0.39, 0.29) is 16.9 Å². The number of hydrogen-bond donors (Lipinski definition) is 2. The molecule has 0 saturated carbocycles. The molecule has 2 heterocycles. The van der Waals surface area contributed by atoms with Crippen molar-refractivity contribution < 1.29 is 14.5 Å². The minimum absolute atomic E-state index is 0.281. The topological polar surface area (TPSA) is 93.5 Å². The minimum Gasteiger partial charge on any atom is -0.489 e. The Bertz CT molecular complexity index is 1210. The van der Waals surface area contributed by atoms with Gasteiger partial charge in [0.05, 0.1) is 5.92 Å². The first-order chi connectivity index (χ1) is 15.9. The SMILES string of the molecule is Cc1ccc(COc2ccc([C@@H]3[C@H](C)N[C@@]4(C(=O)Nc5ccccc54)[C@@H]3[N+](=O)[O-])cc2)cc1. The Hall–Kier alpha value is -3.71. The molecule has 0 aromatic heterocycles. The summed E-state index contributed by atoms with van der Waals surface area (Å²) in [5, 5.41) is 18.5. The van der Waals surface area contributed by atoms with E-state index in [1.165, 1.54) is 5.56 Å². The zero-order chi connectivity index (χ0) is 23.2. The highest BCUT2D eigenvalue weighted by atomic mass is 16.6. The third kappa shape index (κ3) is 3.45. The molecule has 1 spiro atoms. The van der Waals surface area contributed by atoms with Gasteiger partial charge in [-0.2, -0.15) is 0 Å². The zero-order valence-corrected chi connectivity index (χ0v) is 18.4. The average Bonchev–Trinajstić information content (AvgIpc) is 3.27. The van der Waals surface area contributed by atoms with Crippen molar-refractivity contribution in [1.82, 2.24) is 5.32 Å². The van der Waals surface area contributed by atoms with E-state index in [2.05, 4.69) is 10.6 Å². The molecular weight excluding hydrogens is 418 g/mol. The molecular formula is C26H25N3O4. The molecule has 4 atom stereocenters. The first-order valence-electron chi connectivity index (χ1n) is 11.0. The number of nitro groups is 1. The standard InChI is InChI=1S/C26H25N3O4/c1-16-7-9-18(10-8-16)15-33-20-13-11-19(12-14-20)23-17(2)28-26(24(23)29(31)32)21-5-3-4-6-22(21)27-25(26)30/h3-14,17,23-24,28H,15H2,1-2H3,(H,27,30)/t17-,23-,24+,26+/m0/s1. The van der Waals surface area contributed by atoms with Crippen molar-refractivity contribution in [2.75, 3.05) is 5.32 Å². The number of benzene rings is 3. The van der Waals surface area contributed by atoms with Crippen LogP contribution in [0.3, 0.4) is 0 Å². The first-order valence-corrected chi connectivity index (χ1v) is 11.0. The number of hydrogen-bond acceptors (Lipinski definition) is 5. The predicted octanol–water partition coefficient (Wildman–Crippen LogP) is 4.14. The molecule has 1 fully saturated rings. The molecule has 3 aromatic carbocycles. The van der Waals surface area contributed by atoms with Gasteiger partial charge in [-0.1, -0.05) is 60.2 Å². The van der Waals surface area contributed by atoms with E-state index in [4.69, 9.17) is 4.74 Å². The largest absolute Gasteiger partial charge is 0.489 e. The number of ether oxygens (including phenoxy) is 1. The lowest BCUT2D eigenvalue weighted by atomic mass is 9.78. The fraction of sp³-hybridized carbons (Fsp3) is 0.269. The second-order valence-corrected chi connectivity index (χ2v) is 8.84. The van der Waals surface area contributed by atoms with Gasteiger partial charge in [-0.05, 0) is 43.2 Å². The molecule has 1 amide bonds. The maximum absolute atomic E-state index is 13.1. The van der Waals surface area contributed by atoms with Gasteiger partial charge in [0.2, 0.25) is 0 Å². The molecule has 0 bridgehead atoms. The van der Waals surface area contributed by atoms with Gasteiger partial charge in [0.15, 0.2) is 5.54 Å². The maximum Gasteiger partial charge on any atom is 0.256 e. The Kier molecular flexibility index (Phi) is 5.13. The van der Waals surface area contributed by atoms with E-state index in [9.17, 15) is 14.9 Å². The molecule has 3 aromatic rings. The molecule has 33 heavy (non-hydrogen) atoms. The van der Waals surface area contributed by atoms with E-state index < -0.39 is 17.5 Å². The fourth-order valence-corrected chi connectivity index (χ4v) is 5.19. The van der Waals surface area contributed by atoms with Crippen LogP contribution in [0.4, 0.5) is 5.69 Å². The van der Waals surface area contributed by atoms with Gasteiger partial charge in [0.1, 0.15) is 12.4 Å². The molecule has 7 heteroatoms. The molecule has 2 aliphatic heterocycles. The predicted molar refractivity (Wildman–Crippen MR) is 125 cm³/mol. The van der Waals surface area contributed by atoms with Crippen molar-refractivity contribution in [3.05, 3.63) is 105 Å². The smallest absolute Gasteiger partial charge is 0.256 e. The number of aryl methyl sites for hydroxylation is 1. The van der Waals surface area contributed by atoms with Crippen molar-refractivity contribution in [3.63, 3.8) is 0 Å². The lowest BCUT2D eigenvalue weighted by Crippen LogP contribution is -2.54. The average molecular weight is 444 g/mol. The number of carbonyl (C=O) groups excluding carboxylic acids is 1. The Labute approximate surface area is 191 Å². The molecule has 2 N–H and O–H groups in total. The first kappa shape index (κ1) is 21.2.